The molecule has 9 heteroatoms. The zero-order chi connectivity index (χ0) is 19.4. The lowest BCUT2D eigenvalue weighted by Crippen LogP contribution is -2.18. The fourth-order valence-corrected chi connectivity index (χ4v) is 2.36. The smallest absolute Gasteiger partial charge is 0.292 e. The molecule has 2 aromatic heterocycles. The van der Waals surface area contributed by atoms with Gasteiger partial charge in [0.15, 0.2) is 11.5 Å². The normalized spacial score (nSPS) is 10.3. The molecule has 0 radical (unpaired) electrons. The molecule has 0 fully saturated rings. The fraction of sp³-hybridized carbons (Fsp3) is 0.111. The summed E-state index contributed by atoms with van der Waals surface area (Å²) in [6.45, 7) is 0. The van der Waals surface area contributed by atoms with E-state index in [9.17, 15) is 14.4 Å². The van der Waals surface area contributed by atoms with Gasteiger partial charge in [0.1, 0.15) is 5.82 Å². The van der Waals surface area contributed by atoms with E-state index in [1.54, 1.807) is 37.4 Å². The van der Waals surface area contributed by atoms with Gasteiger partial charge >= 0.3 is 0 Å². The van der Waals surface area contributed by atoms with Crippen molar-refractivity contribution in [2.24, 2.45) is 7.05 Å². The van der Waals surface area contributed by atoms with Crippen LogP contribution >= 0.6 is 0 Å². The Morgan fingerprint density at radius 3 is 2.52 bits per heavy atom. The first-order valence-electron chi connectivity index (χ1n) is 8.00. The van der Waals surface area contributed by atoms with Crippen LogP contribution in [0.2, 0.25) is 0 Å². The molecule has 138 valence electrons. The van der Waals surface area contributed by atoms with Crippen LogP contribution in [0.25, 0.3) is 0 Å². The van der Waals surface area contributed by atoms with E-state index in [0.717, 1.165) is 0 Å². The number of hydrogen-bond donors (Lipinski definition) is 3. The summed E-state index contributed by atoms with van der Waals surface area (Å²) in [6.07, 6.45) is 1.39. The minimum Gasteiger partial charge on any atom is -0.459 e. The lowest BCUT2D eigenvalue weighted by atomic mass is 10.2. The van der Waals surface area contributed by atoms with Crippen LogP contribution in [0.15, 0.2) is 53.1 Å². The van der Waals surface area contributed by atoms with Crippen molar-refractivity contribution in [2.75, 3.05) is 17.7 Å². The molecule has 0 spiro atoms. The Balaban J connectivity index is 1.72. The molecule has 3 N–H and O–H groups in total. The topological polar surface area (TPSA) is 118 Å². The van der Waals surface area contributed by atoms with Crippen molar-refractivity contribution in [1.82, 2.24) is 15.1 Å². The highest BCUT2D eigenvalue weighted by molar-refractivity contribution is 6.06. The number of nitrogens with zero attached hydrogens (tertiary/aromatic N) is 2. The maximum absolute atomic E-state index is 12.4. The minimum atomic E-state index is -0.474. The number of benzene rings is 1. The van der Waals surface area contributed by atoms with Crippen LogP contribution in [0.3, 0.4) is 0 Å². The number of amides is 3. The summed E-state index contributed by atoms with van der Waals surface area (Å²) in [4.78, 5) is 36.2. The molecule has 1 aromatic carbocycles. The summed E-state index contributed by atoms with van der Waals surface area (Å²) in [5.74, 6) is -0.702. The largest absolute Gasteiger partial charge is 0.459 e. The molecule has 3 amide bonds. The van der Waals surface area contributed by atoms with Crippen molar-refractivity contribution in [3.05, 3.63) is 65.7 Å². The molecule has 2 heterocycles. The molecule has 27 heavy (non-hydrogen) atoms. The summed E-state index contributed by atoms with van der Waals surface area (Å²) in [5, 5.41) is 11.9. The number of anilines is 2. The number of aryl methyl sites for hydroxylation is 1. The second-order valence-corrected chi connectivity index (χ2v) is 5.58. The van der Waals surface area contributed by atoms with Gasteiger partial charge in [-0.1, -0.05) is 6.07 Å². The molecule has 0 saturated heterocycles. The number of hydrogen-bond acceptors (Lipinski definition) is 5. The lowest BCUT2D eigenvalue weighted by Gasteiger charge is -2.05. The summed E-state index contributed by atoms with van der Waals surface area (Å²) >= 11 is 0. The van der Waals surface area contributed by atoms with Crippen molar-refractivity contribution in [3.8, 4) is 0 Å². The van der Waals surface area contributed by atoms with Gasteiger partial charge in [-0.3, -0.25) is 19.1 Å². The van der Waals surface area contributed by atoms with Crippen LogP contribution in [0.4, 0.5) is 11.5 Å². The third-order valence-corrected chi connectivity index (χ3v) is 3.71. The molecule has 0 aliphatic carbocycles. The van der Waals surface area contributed by atoms with Crippen molar-refractivity contribution in [2.45, 2.75) is 0 Å². The van der Waals surface area contributed by atoms with E-state index < -0.39 is 11.8 Å². The summed E-state index contributed by atoms with van der Waals surface area (Å²) in [7, 11) is 3.13. The van der Waals surface area contributed by atoms with Crippen molar-refractivity contribution in [3.63, 3.8) is 0 Å². The molecular formula is C18H17N5O4. The van der Waals surface area contributed by atoms with Crippen LogP contribution in [0.1, 0.15) is 31.4 Å². The molecule has 3 rings (SSSR count). The highest BCUT2D eigenvalue weighted by atomic mass is 16.3. The Labute approximate surface area is 154 Å². The minimum absolute atomic E-state index is 0.109. The average molecular weight is 367 g/mol. The van der Waals surface area contributed by atoms with Gasteiger partial charge in [0.2, 0.25) is 0 Å². The Morgan fingerprint density at radius 2 is 1.81 bits per heavy atom. The predicted molar refractivity (Wildman–Crippen MR) is 97.7 cm³/mol. The predicted octanol–water partition coefficient (Wildman–Crippen LogP) is 1.88. The molecular weight excluding hydrogens is 350 g/mol. The first kappa shape index (κ1) is 17.9. The molecule has 0 atom stereocenters. The summed E-state index contributed by atoms with van der Waals surface area (Å²) in [5.41, 5.74) is 0.980. The maximum Gasteiger partial charge on any atom is 0.292 e. The average Bonchev–Trinajstić information content (AvgIpc) is 3.32. The van der Waals surface area contributed by atoms with Gasteiger partial charge in [0.05, 0.1) is 6.26 Å². The highest BCUT2D eigenvalue weighted by Crippen LogP contribution is 2.15. The lowest BCUT2D eigenvalue weighted by molar-refractivity contribution is 0.0960. The Hall–Kier alpha value is -3.88. The molecule has 0 bridgehead atoms. The number of nitrogens with one attached hydrogen (secondary N) is 3. The van der Waals surface area contributed by atoms with Crippen molar-refractivity contribution in [1.29, 1.82) is 0 Å². The number of rotatable bonds is 5. The molecule has 0 aliphatic rings. The maximum atomic E-state index is 12.4. The van der Waals surface area contributed by atoms with Crippen LogP contribution in [-0.4, -0.2) is 34.5 Å². The van der Waals surface area contributed by atoms with Crippen LogP contribution in [0.5, 0.6) is 0 Å². The van der Waals surface area contributed by atoms with E-state index in [1.165, 1.54) is 30.1 Å². The Kier molecular flexibility index (Phi) is 5.02. The van der Waals surface area contributed by atoms with Crippen LogP contribution < -0.4 is 16.0 Å². The molecule has 0 saturated carbocycles. The zero-order valence-electron chi connectivity index (χ0n) is 14.6. The van der Waals surface area contributed by atoms with E-state index in [2.05, 4.69) is 21.0 Å². The highest BCUT2D eigenvalue weighted by Gasteiger charge is 2.17. The summed E-state index contributed by atoms with van der Waals surface area (Å²) < 4.78 is 6.40. The SMILES string of the molecule is CNC(=O)c1cccc(NC(=O)c2cc(NC(=O)c3ccco3)n(C)n2)c1. The van der Waals surface area contributed by atoms with Gasteiger partial charge in [-0.15, -0.1) is 0 Å². The van der Waals surface area contributed by atoms with Crippen LogP contribution in [-0.2, 0) is 7.05 Å². The first-order chi connectivity index (χ1) is 13.0. The second kappa shape index (κ2) is 7.56. The molecule has 9 nitrogen and oxygen atoms in total. The van der Waals surface area contributed by atoms with E-state index in [1.807, 2.05) is 0 Å². The van der Waals surface area contributed by atoms with Gasteiger partial charge < -0.3 is 20.4 Å². The zero-order valence-corrected chi connectivity index (χ0v) is 14.6. The molecule has 3 aromatic rings. The van der Waals surface area contributed by atoms with E-state index >= 15 is 0 Å². The summed E-state index contributed by atoms with van der Waals surface area (Å²) in [6, 6.07) is 11.1. The monoisotopic (exact) mass is 367 g/mol. The van der Waals surface area contributed by atoms with E-state index in [0.29, 0.717) is 17.1 Å². The first-order valence-corrected chi connectivity index (χ1v) is 8.00. The second-order valence-electron chi connectivity index (χ2n) is 5.58. The van der Waals surface area contributed by atoms with Gasteiger partial charge in [-0.05, 0) is 30.3 Å². The standard InChI is InChI=1S/C18H17N5O4/c1-19-16(24)11-5-3-6-12(9-11)20-17(25)13-10-15(23(2)22-13)21-18(26)14-7-4-8-27-14/h3-10H,1-2H3,(H,19,24)(H,20,25)(H,21,26). The van der Waals surface area contributed by atoms with E-state index in [-0.39, 0.29) is 17.4 Å². The Morgan fingerprint density at radius 1 is 1.00 bits per heavy atom. The van der Waals surface area contributed by atoms with Gasteiger partial charge in [-0.25, -0.2) is 0 Å². The molecule has 0 unspecified atom stereocenters. The van der Waals surface area contributed by atoms with Gasteiger partial charge in [0.25, 0.3) is 17.7 Å². The molecule has 0 aliphatic heterocycles. The van der Waals surface area contributed by atoms with Crippen LogP contribution in [0, 0.1) is 0 Å². The van der Waals surface area contributed by atoms with Gasteiger partial charge in [0, 0.05) is 31.4 Å². The number of furan rings is 1. The third kappa shape index (κ3) is 4.03. The number of carbonyl (C=O) groups is 3. The third-order valence-electron chi connectivity index (χ3n) is 3.71. The van der Waals surface area contributed by atoms with E-state index in [4.69, 9.17) is 4.42 Å². The number of carbonyl (C=O) groups excluding carboxylic acids is 3. The van der Waals surface area contributed by atoms with Crippen molar-refractivity contribution >= 4 is 29.2 Å². The van der Waals surface area contributed by atoms with Crippen molar-refractivity contribution < 1.29 is 18.8 Å². The Bertz CT molecular complexity index is 991. The van der Waals surface area contributed by atoms with Gasteiger partial charge in [-0.2, -0.15) is 5.10 Å². The number of aromatic nitrogens is 2. The fourth-order valence-electron chi connectivity index (χ4n) is 2.36. The quantitative estimate of drug-likeness (QED) is 0.636.